The zero-order valence-electron chi connectivity index (χ0n) is 13.7. The molecule has 0 saturated carbocycles. The maximum atomic E-state index is 12.9. The second-order valence-corrected chi connectivity index (χ2v) is 5.98. The van der Waals surface area contributed by atoms with Gasteiger partial charge in [-0.15, -0.1) is 0 Å². The van der Waals surface area contributed by atoms with Crippen molar-refractivity contribution in [3.05, 3.63) is 54.1 Å². The van der Waals surface area contributed by atoms with Crippen molar-refractivity contribution in [1.82, 2.24) is 0 Å². The quantitative estimate of drug-likeness (QED) is 0.940. The topological polar surface area (TPSA) is 41.6 Å². The van der Waals surface area contributed by atoms with Crippen LogP contribution in [0.5, 0.6) is 5.75 Å². The van der Waals surface area contributed by atoms with Crippen molar-refractivity contribution in [2.45, 2.75) is 32.4 Å². The Morgan fingerprint density at radius 2 is 1.91 bits per heavy atom. The van der Waals surface area contributed by atoms with Crippen LogP contribution >= 0.6 is 0 Å². The Kier molecular flexibility index (Phi) is 4.24. The van der Waals surface area contributed by atoms with Crippen LogP contribution in [-0.4, -0.2) is 25.1 Å². The van der Waals surface area contributed by atoms with Crippen LogP contribution in [0.1, 0.15) is 19.4 Å². The third kappa shape index (κ3) is 3.02. The van der Waals surface area contributed by atoms with Crippen molar-refractivity contribution in [1.29, 1.82) is 0 Å². The van der Waals surface area contributed by atoms with E-state index in [2.05, 4.69) is 18.3 Å². The van der Waals surface area contributed by atoms with Gasteiger partial charge in [-0.1, -0.05) is 18.2 Å². The molecule has 0 aromatic heterocycles. The highest BCUT2D eigenvalue weighted by atomic mass is 16.5. The highest BCUT2D eigenvalue weighted by molar-refractivity contribution is 6.00. The van der Waals surface area contributed by atoms with Gasteiger partial charge in [-0.25, -0.2) is 0 Å². The summed E-state index contributed by atoms with van der Waals surface area (Å²) >= 11 is 0. The predicted octanol–water partition coefficient (Wildman–Crippen LogP) is 3.47. The normalized spacial score (nSPS) is 17.5. The van der Waals surface area contributed by atoms with Gasteiger partial charge in [-0.2, -0.15) is 0 Å². The molecule has 120 valence electrons. The van der Waals surface area contributed by atoms with Gasteiger partial charge in [-0.3, -0.25) is 4.79 Å². The van der Waals surface area contributed by atoms with Crippen LogP contribution in [0.25, 0.3) is 0 Å². The Bertz CT molecular complexity index is 697. The molecular weight excluding hydrogens is 288 g/mol. The minimum absolute atomic E-state index is 0.0956. The second-order valence-electron chi connectivity index (χ2n) is 5.98. The first-order valence-electron chi connectivity index (χ1n) is 7.91. The highest BCUT2D eigenvalue weighted by Crippen LogP contribution is 2.32. The molecular formula is C19H22N2O2. The Labute approximate surface area is 137 Å². The first kappa shape index (κ1) is 15.4. The fraction of sp³-hybridized carbons (Fsp3) is 0.316. The van der Waals surface area contributed by atoms with E-state index in [0.29, 0.717) is 0 Å². The molecule has 1 aliphatic heterocycles. The molecule has 0 aliphatic carbocycles. The molecule has 0 radical (unpaired) electrons. The average molecular weight is 310 g/mol. The summed E-state index contributed by atoms with van der Waals surface area (Å²) in [6, 6.07) is 15.6. The first-order valence-corrected chi connectivity index (χ1v) is 7.91. The number of methoxy groups -OCH3 is 1. The Hall–Kier alpha value is -2.49. The molecule has 0 fully saturated rings. The maximum absolute atomic E-state index is 12.9. The maximum Gasteiger partial charge on any atom is 0.249 e. The minimum atomic E-state index is -0.294. The number of nitrogens with zero attached hydrogens (tertiary/aromatic N) is 1. The van der Waals surface area contributed by atoms with E-state index in [-0.39, 0.29) is 18.0 Å². The molecule has 3 rings (SSSR count). The number of hydrogen-bond acceptors (Lipinski definition) is 3. The summed E-state index contributed by atoms with van der Waals surface area (Å²) in [5.74, 6) is 0.898. The predicted molar refractivity (Wildman–Crippen MR) is 93.2 cm³/mol. The highest BCUT2D eigenvalue weighted by Gasteiger charge is 2.32. The Morgan fingerprint density at radius 3 is 2.61 bits per heavy atom. The number of fused-ring (bicyclic) bond motifs is 1. The number of ether oxygens (including phenoxy) is 1. The molecule has 0 saturated heterocycles. The van der Waals surface area contributed by atoms with Crippen LogP contribution in [0, 0.1) is 0 Å². The number of anilines is 2. The molecule has 2 atom stereocenters. The third-order valence-electron chi connectivity index (χ3n) is 4.29. The molecule has 2 aromatic carbocycles. The summed E-state index contributed by atoms with van der Waals surface area (Å²) in [7, 11) is 1.64. The van der Waals surface area contributed by atoms with E-state index < -0.39 is 0 Å². The van der Waals surface area contributed by atoms with E-state index in [0.717, 1.165) is 23.5 Å². The van der Waals surface area contributed by atoms with Gasteiger partial charge < -0.3 is 15.0 Å². The van der Waals surface area contributed by atoms with Crippen molar-refractivity contribution < 1.29 is 9.53 Å². The zero-order chi connectivity index (χ0) is 16.4. The standard InChI is InChI=1S/C19H22N2O2/c1-13-12-15-6-4-5-7-18(15)21(13)19(22)14(2)20-16-8-10-17(23-3)11-9-16/h4-11,13-14,20H,12H2,1-3H3/t13-,14+/m1/s1. The molecule has 0 bridgehead atoms. The lowest BCUT2D eigenvalue weighted by atomic mass is 10.1. The molecule has 4 heteroatoms. The second kappa shape index (κ2) is 6.32. The summed E-state index contributed by atoms with van der Waals surface area (Å²) in [5, 5.41) is 3.27. The SMILES string of the molecule is COc1ccc(N[C@@H](C)C(=O)N2c3ccccc3C[C@H]2C)cc1. The molecule has 1 amide bonds. The summed E-state index contributed by atoms with van der Waals surface area (Å²) in [4.78, 5) is 14.8. The van der Waals surface area contributed by atoms with Crippen molar-refractivity contribution >= 4 is 17.3 Å². The van der Waals surface area contributed by atoms with E-state index in [4.69, 9.17) is 4.74 Å². The lowest BCUT2D eigenvalue weighted by Crippen LogP contribution is -2.44. The molecule has 4 nitrogen and oxygen atoms in total. The van der Waals surface area contributed by atoms with Gasteiger partial charge >= 0.3 is 0 Å². The van der Waals surface area contributed by atoms with Crippen molar-refractivity contribution in [2.24, 2.45) is 0 Å². The zero-order valence-corrected chi connectivity index (χ0v) is 13.7. The van der Waals surface area contributed by atoms with Crippen LogP contribution in [-0.2, 0) is 11.2 Å². The number of nitrogens with one attached hydrogen (secondary N) is 1. The summed E-state index contributed by atoms with van der Waals surface area (Å²) in [5.41, 5.74) is 3.19. The van der Waals surface area contributed by atoms with Gasteiger partial charge in [0.15, 0.2) is 0 Å². The summed E-state index contributed by atoms with van der Waals surface area (Å²) in [6.07, 6.45) is 0.914. The number of para-hydroxylation sites is 1. The molecule has 0 unspecified atom stereocenters. The van der Waals surface area contributed by atoms with Gasteiger partial charge in [-0.05, 0) is 56.2 Å². The Balaban J connectivity index is 1.74. The van der Waals surface area contributed by atoms with Crippen LogP contribution < -0.4 is 15.0 Å². The van der Waals surface area contributed by atoms with E-state index in [9.17, 15) is 4.79 Å². The van der Waals surface area contributed by atoms with Gasteiger partial charge in [0.05, 0.1) is 7.11 Å². The summed E-state index contributed by atoms with van der Waals surface area (Å²) in [6.45, 7) is 4.00. The monoisotopic (exact) mass is 310 g/mol. The van der Waals surface area contributed by atoms with Crippen LogP contribution in [0.4, 0.5) is 11.4 Å². The van der Waals surface area contributed by atoms with Crippen LogP contribution in [0.15, 0.2) is 48.5 Å². The minimum Gasteiger partial charge on any atom is -0.497 e. The molecule has 1 aliphatic rings. The van der Waals surface area contributed by atoms with Crippen molar-refractivity contribution in [2.75, 3.05) is 17.3 Å². The summed E-state index contributed by atoms with van der Waals surface area (Å²) < 4.78 is 5.15. The average Bonchev–Trinajstić information content (AvgIpc) is 2.90. The lowest BCUT2D eigenvalue weighted by Gasteiger charge is -2.27. The van der Waals surface area contributed by atoms with E-state index in [1.54, 1.807) is 7.11 Å². The lowest BCUT2D eigenvalue weighted by molar-refractivity contribution is -0.119. The van der Waals surface area contributed by atoms with E-state index >= 15 is 0 Å². The smallest absolute Gasteiger partial charge is 0.249 e. The van der Waals surface area contributed by atoms with Crippen molar-refractivity contribution in [3.8, 4) is 5.75 Å². The number of rotatable bonds is 4. The number of carbonyl (C=O) groups is 1. The first-order chi connectivity index (χ1) is 11.1. The van der Waals surface area contributed by atoms with E-state index in [1.807, 2.05) is 54.3 Å². The molecule has 1 heterocycles. The van der Waals surface area contributed by atoms with Crippen LogP contribution in [0.2, 0.25) is 0 Å². The van der Waals surface area contributed by atoms with Gasteiger partial charge in [0.1, 0.15) is 11.8 Å². The Morgan fingerprint density at radius 1 is 1.22 bits per heavy atom. The van der Waals surface area contributed by atoms with Gasteiger partial charge in [0.2, 0.25) is 5.91 Å². The van der Waals surface area contributed by atoms with Crippen molar-refractivity contribution in [3.63, 3.8) is 0 Å². The van der Waals surface area contributed by atoms with Crippen LogP contribution in [0.3, 0.4) is 0 Å². The van der Waals surface area contributed by atoms with Gasteiger partial charge in [0, 0.05) is 17.4 Å². The van der Waals surface area contributed by atoms with E-state index in [1.165, 1.54) is 5.56 Å². The molecule has 2 aromatic rings. The fourth-order valence-corrected chi connectivity index (χ4v) is 3.11. The molecule has 0 spiro atoms. The molecule has 1 N–H and O–H groups in total. The fourth-order valence-electron chi connectivity index (χ4n) is 3.11. The molecule has 23 heavy (non-hydrogen) atoms. The number of hydrogen-bond donors (Lipinski definition) is 1. The largest absolute Gasteiger partial charge is 0.497 e. The number of amides is 1. The van der Waals surface area contributed by atoms with Gasteiger partial charge in [0.25, 0.3) is 0 Å². The number of carbonyl (C=O) groups excluding carboxylic acids is 1. The third-order valence-corrected chi connectivity index (χ3v) is 4.29. The number of benzene rings is 2.